The summed E-state index contributed by atoms with van der Waals surface area (Å²) in [5.41, 5.74) is 1.64. The van der Waals surface area contributed by atoms with Crippen LogP contribution in [-0.2, 0) is 14.3 Å². The second-order valence-corrected chi connectivity index (χ2v) is 6.95. The number of hydrogen-bond acceptors (Lipinski definition) is 7. The Morgan fingerprint density at radius 1 is 1.11 bits per heavy atom. The van der Waals surface area contributed by atoms with E-state index in [9.17, 15) is 4.79 Å². The van der Waals surface area contributed by atoms with Crippen molar-refractivity contribution in [3.05, 3.63) is 36.2 Å². The smallest absolute Gasteiger partial charge is 0.253 e. The first-order chi connectivity index (χ1) is 13.7. The zero-order valence-corrected chi connectivity index (χ0v) is 16.0. The molecule has 2 fully saturated rings. The van der Waals surface area contributed by atoms with E-state index < -0.39 is 0 Å². The van der Waals surface area contributed by atoms with Gasteiger partial charge in [-0.2, -0.15) is 0 Å². The number of hydrogen-bond donors (Lipinski definition) is 2. The minimum atomic E-state index is -0.333. The van der Waals surface area contributed by atoms with Crippen LogP contribution < -0.4 is 15.5 Å². The van der Waals surface area contributed by atoms with E-state index in [2.05, 4.69) is 25.5 Å². The second-order valence-electron chi connectivity index (χ2n) is 6.95. The predicted molar refractivity (Wildman–Crippen MR) is 107 cm³/mol. The Balaban J connectivity index is 1.41. The van der Waals surface area contributed by atoms with Gasteiger partial charge < -0.3 is 25.0 Å². The number of ether oxygens (including phenoxy) is 2. The molecule has 1 unspecified atom stereocenters. The second kappa shape index (κ2) is 8.53. The molecule has 148 valence electrons. The minimum absolute atomic E-state index is 0.0835. The van der Waals surface area contributed by atoms with Crippen molar-refractivity contribution in [3.63, 3.8) is 0 Å². The van der Waals surface area contributed by atoms with Gasteiger partial charge in [-0.25, -0.2) is 9.97 Å². The molecule has 3 heterocycles. The molecule has 0 saturated carbocycles. The first-order valence-corrected chi connectivity index (χ1v) is 9.65. The van der Waals surface area contributed by atoms with Crippen LogP contribution in [0, 0.1) is 6.92 Å². The van der Waals surface area contributed by atoms with E-state index in [1.165, 1.54) is 0 Å². The molecule has 2 saturated heterocycles. The lowest BCUT2D eigenvalue weighted by molar-refractivity contribution is -0.124. The predicted octanol–water partition coefficient (Wildman–Crippen LogP) is 2.48. The molecule has 28 heavy (non-hydrogen) atoms. The van der Waals surface area contributed by atoms with Crippen molar-refractivity contribution >= 4 is 28.9 Å². The monoisotopic (exact) mass is 383 g/mol. The molecule has 2 N–H and O–H groups in total. The van der Waals surface area contributed by atoms with Crippen LogP contribution in [0.1, 0.15) is 18.7 Å². The highest BCUT2D eigenvalue weighted by molar-refractivity contribution is 5.94. The van der Waals surface area contributed by atoms with E-state index in [4.69, 9.17) is 9.47 Å². The molecule has 4 rings (SSSR count). The quantitative estimate of drug-likeness (QED) is 0.820. The number of nitrogens with zero attached hydrogens (tertiary/aromatic N) is 3. The van der Waals surface area contributed by atoms with Gasteiger partial charge in [0.2, 0.25) is 0 Å². The Labute approximate surface area is 164 Å². The molecule has 1 atom stereocenters. The van der Waals surface area contributed by atoms with Gasteiger partial charge in [0, 0.05) is 37.1 Å². The lowest BCUT2D eigenvalue weighted by Crippen LogP contribution is -2.36. The summed E-state index contributed by atoms with van der Waals surface area (Å²) in [6.07, 6.45) is 1.39. The number of amides is 1. The van der Waals surface area contributed by atoms with Crippen molar-refractivity contribution in [2.24, 2.45) is 0 Å². The number of carbonyl (C=O) groups is 1. The molecule has 8 nitrogen and oxygen atoms in total. The molecule has 2 aromatic rings. The van der Waals surface area contributed by atoms with Gasteiger partial charge in [-0.05, 0) is 44.0 Å². The van der Waals surface area contributed by atoms with Crippen molar-refractivity contribution < 1.29 is 14.3 Å². The summed E-state index contributed by atoms with van der Waals surface area (Å²) in [7, 11) is 0. The molecule has 0 aliphatic carbocycles. The maximum absolute atomic E-state index is 12.1. The Morgan fingerprint density at radius 2 is 1.86 bits per heavy atom. The summed E-state index contributed by atoms with van der Waals surface area (Å²) in [6.45, 7) is 5.63. The molecule has 2 aliphatic rings. The molecule has 1 aromatic carbocycles. The third-order valence-electron chi connectivity index (χ3n) is 4.81. The van der Waals surface area contributed by atoms with Gasteiger partial charge >= 0.3 is 0 Å². The van der Waals surface area contributed by atoms with Crippen LogP contribution in [0.3, 0.4) is 0 Å². The first-order valence-electron chi connectivity index (χ1n) is 9.65. The highest BCUT2D eigenvalue weighted by atomic mass is 16.5. The van der Waals surface area contributed by atoms with Gasteiger partial charge in [0.05, 0.1) is 13.2 Å². The average Bonchev–Trinajstić information content (AvgIpc) is 3.25. The van der Waals surface area contributed by atoms with Crippen LogP contribution in [0.5, 0.6) is 0 Å². The topological polar surface area (TPSA) is 88.6 Å². The van der Waals surface area contributed by atoms with Crippen molar-refractivity contribution in [1.29, 1.82) is 0 Å². The maximum Gasteiger partial charge on any atom is 0.253 e. The zero-order chi connectivity index (χ0) is 19.3. The fourth-order valence-electron chi connectivity index (χ4n) is 3.36. The number of aryl methyl sites for hydroxylation is 1. The zero-order valence-electron chi connectivity index (χ0n) is 16.0. The first kappa shape index (κ1) is 18.6. The fourth-order valence-corrected chi connectivity index (χ4v) is 3.36. The van der Waals surface area contributed by atoms with E-state index in [0.717, 1.165) is 48.9 Å². The molecule has 2 aliphatic heterocycles. The maximum atomic E-state index is 12.1. The SMILES string of the molecule is Cc1nc(Nc2ccc(NC(=O)C3CCCO3)cc2)cc(N2CCOCC2)n1. The van der Waals surface area contributed by atoms with E-state index in [1.54, 1.807) is 0 Å². The number of aromatic nitrogens is 2. The van der Waals surface area contributed by atoms with Gasteiger partial charge in [0.15, 0.2) is 0 Å². The summed E-state index contributed by atoms with van der Waals surface area (Å²) in [6, 6.07) is 9.51. The molecule has 0 radical (unpaired) electrons. The highest BCUT2D eigenvalue weighted by Gasteiger charge is 2.23. The van der Waals surface area contributed by atoms with E-state index >= 15 is 0 Å². The number of nitrogens with one attached hydrogen (secondary N) is 2. The van der Waals surface area contributed by atoms with E-state index in [1.807, 2.05) is 37.3 Å². The summed E-state index contributed by atoms with van der Waals surface area (Å²) in [5, 5.41) is 6.21. The summed E-state index contributed by atoms with van der Waals surface area (Å²) < 4.78 is 10.8. The van der Waals surface area contributed by atoms with Crippen molar-refractivity contribution in [3.8, 4) is 0 Å². The van der Waals surface area contributed by atoms with Gasteiger partial charge in [-0.3, -0.25) is 4.79 Å². The minimum Gasteiger partial charge on any atom is -0.378 e. The van der Waals surface area contributed by atoms with Gasteiger partial charge in [-0.15, -0.1) is 0 Å². The van der Waals surface area contributed by atoms with Crippen molar-refractivity contribution in [2.75, 3.05) is 48.4 Å². The average molecular weight is 383 g/mol. The molecular weight excluding hydrogens is 358 g/mol. The lowest BCUT2D eigenvalue weighted by atomic mass is 10.2. The molecule has 1 amide bonds. The molecule has 1 aromatic heterocycles. The Morgan fingerprint density at radius 3 is 2.57 bits per heavy atom. The molecule has 8 heteroatoms. The van der Waals surface area contributed by atoms with Gasteiger partial charge in [-0.1, -0.05) is 0 Å². The van der Waals surface area contributed by atoms with Crippen molar-refractivity contribution in [2.45, 2.75) is 25.9 Å². The molecule has 0 bridgehead atoms. The molecular formula is C20H25N5O3. The number of rotatable bonds is 5. The van der Waals surface area contributed by atoms with Crippen LogP contribution in [0.4, 0.5) is 23.0 Å². The van der Waals surface area contributed by atoms with Gasteiger partial charge in [0.25, 0.3) is 5.91 Å². The number of anilines is 4. The number of carbonyl (C=O) groups excluding carboxylic acids is 1. The normalized spacial score (nSPS) is 19.5. The summed E-state index contributed by atoms with van der Waals surface area (Å²) in [5.74, 6) is 2.27. The highest BCUT2D eigenvalue weighted by Crippen LogP contribution is 2.22. The van der Waals surface area contributed by atoms with Crippen LogP contribution >= 0.6 is 0 Å². The number of benzene rings is 1. The van der Waals surface area contributed by atoms with E-state index in [0.29, 0.717) is 25.6 Å². The third kappa shape index (κ3) is 4.58. The van der Waals surface area contributed by atoms with Gasteiger partial charge in [0.1, 0.15) is 23.6 Å². The Bertz CT molecular complexity index is 815. The standard InChI is InChI=1S/C20H25N5O3/c1-14-21-18(13-19(22-14)25-8-11-27-12-9-25)23-15-4-6-16(7-5-15)24-20(26)17-3-2-10-28-17/h4-7,13,17H,2-3,8-12H2,1H3,(H,24,26)(H,21,22,23). The lowest BCUT2D eigenvalue weighted by Gasteiger charge is -2.28. The number of morpholine rings is 1. The molecule has 0 spiro atoms. The van der Waals surface area contributed by atoms with Crippen LogP contribution in [0.2, 0.25) is 0 Å². The van der Waals surface area contributed by atoms with Crippen LogP contribution in [0.25, 0.3) is 0 Å². The van der Waals surface area contributed by atoms with Crippen LogP contribution in [-0.4, -0.2) is 54.9 Å². The van der Waals surface area contributed by atoms with E-state index in [-0.39, 0.29) is 12.0 Å². The van der Waals surface area contributed by atoms with Crippen molar-refractivity contribution in [1.82, 2.24) is 9.97 Å². The third-order valence-corrected chi connectivity index (χ3v) is 4.81. The summed E-state index contributed by atoms with van der Waals surface area (Å²) in [4.78, 5) is 23.4. The Hall–Kier alpha value is -2.71. The summed E-state index contributed by atoms with van der Waals surface area (Å²) >= 11 is 0. The largest absolute Gasteiger partial charge is 0.378 e. The van der Waals surface area contributed by atoms with Crippen LogP contribution in [0.15, 0.2) is 30.3 Å². The fraction of sp³-hybridized carbons (Fsp3) is 0.450. The Kier molecular flexibility index (Phi) is 5.68.